The molecule has 2 unspecified atom stereocenters. The van der Waals surface area contributed by atoms with E-state index >= 15 is 0 Å². The van der Waals surface area contributed by atoms with Crippen LogP contribution in [0.1, 0.15) is 65.0 Å². The molecule has 1 aliphatic heterocycles. The van der Waals surface area contributed by atoms with Crippen LogP contribution in [-0.4, -0.2) is 41.3 Å². The molecule has 0 aromatic carbocycles. The van der Waals surface area contributed by atoms with E-state index in [4.69, 9.17) is 13.9 Å². The van der Waals surface area contributed by atoms with Crippen LogP contribution in [0, 0.1) is 34.0 Å². The number of cyclic esters (lactones) is 1. The molecule has 2 bridgehead atoms. The van der Waals surface area contributed by atoms with Gasteiger partial charge in [0.1, 0.15) is 17.7 Å². The molecule has 8 heteroatoms. The molecule has 0 radical (unpaired) electrons. The number of hydrogen-bond acceptors (Lipinski definition) is 8. The summed E-state index contributed by atoms with van der Waals surface area (Å²) in [6.45, 7) is 7.30. The Labute approximate surface area is 204 Å². The molecular weight excluding hydrogens is 452 g/mol. The molecule has 8 nitrogen and oxygen atoms in total. The summed E-state index contributed by atoms with van der Waals surface area (Å²) in [5.41, 5.74) is -3.25. The monoisotopic (exact) mass is 484 g/mol. The zero-order valence-electron chi connectivity index (χ0n) is 20.8. The predicted molar refractivity (Wildman–Crippen MR) is 122 cm³/mol. The minimum Gasteiger partial charge on any atom is -0.472 e. The summed E-state index contributed by atoms with van der Waals surface area (Å²) in [4.78, 5) is 52.7. The van der Waals surface area contributed by atoms with Crippen LogP contribution in [0.3, 0.4) is 0 Å². The second-order valence-corrected chi connectivity index (χ2v) is 11.7. The number of rotatable bonds is 3. The molecule has 188 valence electrons. The zero-order valence-corrected chi connectivity index (χ0v) is 20.8. The second kappa shape index (κ2) is 7.38. The molecule has 3 aliphatic carbocycles. The lowest BCUT2D eigenvalue weighted by molar-refractivity contribution is -0.207. The highest BCUT2D eigenvalue weighted by atomic mass is 16.5. The maximum absolute atomic E-state index is 13.9. The van der Waals surface area contributed by atoms with Crippen molar-refractivity contribution in [2.75, 3.05) is 7.11 Å². The van der Waals surface area contributed by atoms with E-state index in [0.29, 0.717) is 24.0 Å². The molecule has 2 heterocycles. The summed E-state index contributed by atoms with van der Waals surface area (Å²) < 4.78 is 15.9. The van der Waals surface area contributed by atoms with Crippen LogP contribution in [0.4, 0.5) is 0 Å². The lowest BCUT2D eigenvalue weighted by Gasteiger charge is -2.66. The fourth-order valence-corrected chi connectivity index (χ4v) is 8.03. The first-order valence-corrected chi connectivity index (χ1v) is 12.1. The largest absolute Gasteiger partial charge is 0.472 e. The number of hydrogen-bond donors (Lipinski definition) is 1. The number of esters is 2. The first-order valence-electron chi connectivity index (χ1n) is 12.1. The molecule has 0 amide bonds. The zero-order chi connectivity index (χ0) is 25.6. The molecule has 1 N–H and O–H groups in total. The summed E-state index contributed by atoms with van der Waals surface area (Å²) in [5.74, 6) is -3.82. The van der Waals surface area contributed by atoms with Gasteiger partial charge in [-0.2, -0.15) is 0 Å². The van der Waals surface area contributed by atoms with Gasteiger partial charge in [0.15, 0.2) is 0 Å². The molecule has 5 rings (SSSR count). The maximum atomic E-state index is 13.9. The average molecular weight is 485 g/mol. The quantitative estimate of drug-likeness (QED) is 0.512. The minimum atomic E-state index is -1.58. The van der Waals surface area contributed by atoms with E-state index in [9.17, 15) is 24.3 Å². The smallest absolute Gasteiger partial charge is 0.331 e. The van der Waals surface area contributed by atoms with Gasteiger partial charge in [0, 0.05) is 33.8 Å². The number of ketones is 2. The van der Waals surface area contributed by atoms with Gasteiger partial charge in [0.05, 0.1) is 37.6 Å². The van der Waals surface area contributed by atoms with Crippen molar-refractivity contribution in [1.29, 1.82) is 0 Å². The van der Waals surface area contributed by atoms with Crippen LogP contribution < -0.4 is 0 Å². The molecule has 1 aromatic rings. The van der Waals surface area contributed by atoms with Crippen molar-refractivity contribution in [3.8, 4) is 0 Å². The molecule has 35 heavy (non-hydrogen) atoms. The predicted octanol–water partition coefficient (Wildman–Crippen LogP) is 3.33. The maximum Gasteiger partial charge on any atom is 0.331 e. The highest BCUT2D eigenvalue weighted by Gasteiger charge is 2.73. The van der Waals surface area contributed by atoms with E-state index in [1.165, 1.54) is 25.7 Å². The van der Waals surface area contributed by atoms with Gasteiger partial charge in [0.2, 0.25) is 0 Å². The Morgan fingerprint density at radius 2 is 1.89 bits per heavy atom. The van der Waals surface area contributed by atoms with Crippen LogP contribution in [0.5, 0.6) is 0 Å². The van der Waals surface area contributed by atoms with E-state index in [1.807, 2.05) is 6.92 Å². The Morgan fingerprint density at radius 1 is 1.17 bits per heavy atom. The van der Waals surface area contributed by atoms with Crippen molar-refractivity contribution >= 4 is 23.5 Å². The van der Waals surface area contributed by atoms with E-state index in [1.54, 1.807) is 26.8 Å². The summed E-state index contributed by atoms with van der Waals surface area (Å²) in [6, 6.07) is 1.74. The van der Waals surface area contributed by atoms with Crippen LogP contribution in [0.25, 0.3) is 0 Å². The number of carbonyl (C=O) groups excluding carboxylic acids is 4. The summed E-state index contributed by atoms with van der Waals surface area (Å²) in [5, 5.41) is 12.5. The molecule has 0 spiro atoms. The normalized spacial score (nSPS) is 41.9. The van der Waals surface area contributed by atoms with Crippen LogP contribution >= 0.6 is 0 Å². The van der Waals surface area contributed by atoms with Gasteiger partial charge in [0.25, 0.3) is 0 Å². The second-order valence-electron chi connectivity index (χ2n) is 11.7. The molecule has 3 saturated carbocycles. The third-order valence-electron chi connectivity index (χ3n) is 9.76. The van der Waals surface area contributed by atoms with E-state index in [-0.39, 0.29) is 24.4 Å². The Hall–Kier alpha value is -2.74. The van der Waals surface area contributed by atoms with E-state index in [0.717, 1.165) is 0 Å². The third kappa shape index (κ3) is 2.95. The van der Waals surface area contributed by atoms with Gasteiger partial charge in [-0.05, 0) is 36.8 Å². The minimum absolute atomic E-state index is 0.0773. The van der Waals surface area contributed by atoms with Crippen molar-refractivity contribution in [2.24, 2.45) is 34.0 Å². The fourth-order valence-electron chi connectivity index (χ4n) is 8.03. The number of aliphatic hydroxyl groups is 1. The lowest BCUT2D eigenvalue weighted by Crippen LogP contribution is -2.72. The summed E-state index contributed by atoms with van der Waals surface area (Å²) >= 11 is 0. The van der Waals surface area contributed by atoms with Crippen molar-refractivity contribution < 1.29 is 38.2 Å². The van der Waals surface area contributed by atoms with E-state index < -0.39 is 57.6 Å². The Balaban J connectivity index is 1.67. The average Bonchev–Trinajstić information content (AvgIpc) is 3.33. The number of fused-ring (bicyclic) bond motifs is 6. The van der Waals surface area contributed by atoms with Crippen LogP contribution in [0.2, 0.25) is 0 Å². The molecule has 0 saturated heterocycles. The molecular formula is C27H32O8. The van der Waals surface area contributed by atoms with Gasteiger partial charge >= 0.3 is 11.9 Å². The third-order valence-corrected chi connectivity index (χ3v) is 9.76. The Morgan fingerprint density at radius 3 is 2.51 bits per heavy atom. The summed E-state index contributed by atoms with van der Waals surface area (Å²) in [7, 11) is 1.28. The lowest BCUT2D eigenvalue weighted by atomic mass is 9.37. The van der Waals surface area contributed by atoms with Gasteiger partial charge in [-0.15, -0.1) is 0 Å². The van der Waals surface area contributed by atoms with Crippen molar-refractivity contribution in [2.45, 2.75) is 65.1 Å². The SMILES string of the molecule is COC(=O)C[C@H]1C(C)(C)C(=O)[C@@H]2C[C@@]3(O)C4=CC(=O)O[C@@H](c5ccoc5)[C@]4(C)CCC3C1(C)C2=O. The van der Waals surface area contributed by atoms with Crippen molar-refractivity contribution in [3.63, 3.8) is 0 Å². The standard InChI is InChI=1S/C27H32O8/c1-24(2)17(10-19(28)33-5)26(4)16-6-8-25(3)18(27(16,32)12-15(21(24)30)22(26)31)11-20(29)35-23(25)14-7-9-34-13-14/h7,9,11,13,15-17,23,32H,6,8,10,12H2,1-5H3/t15-,16?,17-,23-,25+,26?,27-/m0/s1. The molecule has 1 aromatic heterocycles. The van der Waals surface area contributed by atoms with Gasteiger partial charge in [-0.1, -0.05) is 27.7 Å². The van der Waals surface area contributed by atoms with Crippen LogP contribution in [0.15, 0.2) is 34.7 Å². The number of furan rings is 1. The first kappa shape index (κ1) is 24.0. The topological polar surface area (TPSA) is 120 Å². The molecule has 7 atom stereocenters. The number of Topliss-reactive ketones (excluding diaryl/α,β-unsaturated/α-hetero) is 2. The Kier molecular flexibility index (Phi) is 5.06. The summed E-state index contributed by atoms with van der Waals surface area (Å²) in [6.07, 6.45) is 4.55. The highest BCUT2D eigenvalue weighted by Crippen LogP contribution is 2.69. The highest BCUT2D eigenvalue weighted by molar-refractivity contribution is 6.11. The first-order chi connectivity index (χ1) is 16.3. The van der Waals surface area contributed by atoms with Crippen molar-refractivity contribution in [3.05, 3.63) is 35.8 Å². The van der Waals surface area contributed by atoms with Crippen LogP contribution in [-0.2, 0) is 28.7 Å². The van der Waals surface area contributed by atoms with Gasteiger partial charge in [-0.25, -0.2) is 4.79 Å². The van der Waals surface area contributed by atoms with Crippen molar-refractivity contribution in [1.82, 2.24) is 0 Å². The number of carbonyl (C=O) groups is 4. The molecule has 3 fully saturated rings. The van der Waals surface area contributed by atoms with Gasteiger partial charge in [-0.3, -0.25) is 14.4 Å². The Bertz CT molecular complexity index is 1150. The number of ether oxygens (including phenoxy) is 2. The van der Waals surface area contributed by atoms with Gasteiger partial charge < -0.3 is 19.0 Å². The number of methoxy groups -OCH3 is 1. The van der Waals surface area contributed by atoms with E-state index in [2.05, 4.69) is 0 Å². The molecule has 4 aliphatic rings. The fraction of sp³-hybridized carbons (Fsp3) is 0.630.